The van der Waals surface area contributed by atoms with Crippen LogP contribution in [0.15, 0.2) is 154 Å². The lowest BCUT2D eigenvalue weighted by Crippen LogP contribution is -1.93. The average Bonchev–Trinajstić information content (AvgIpc) is 3.93. The van der Waals surface area contributed by atoms with Crippen molar-refractivity contribution >= 4 is 108 Å². The van der Waals surface area contributed by atoms with Crippen molar-refractivity contribution in [3.8, 4) is 17.1 Å². The molecule has 8 aromatic carbocycles. The fourth-order valence-corrected chi connectivity index (χ4v) is 9.39. The van der Waals surface area contributed by atoms with Gasteiger partial charge in [-0.2, -0.15) is 4.98 Å². The van der Waals surface area contributed by atoms with Crippen molar-refractivity contribution in [1.82, 2.24) is 9.55 Å². The minimum atomic E-state index is 0.550. The van der Waals surface area contributed by atoms with Gasteiger partial charge >= 0.3 is 6.01 Å². The molecule has 0 amide bonds. The van der Waals surface area contributed by atoms with Gasteiger partial charge in [-0.05, 0) is 69.6 Å². The molecule has 12 aromatic rings. The summed E-state index contributed by atoms with van der Waals surface area (Å²) in [6.45, 7) is 0. The topological polar surface area (TPSA) is 44.1 Å². The van der Waals surface area contributed by atoms with Gasteiger partial charge in [0.25, 0.3) is 0 Å². The highest BCUT2D eigenvalue weighted by molar-refractivity contribution is 7.26. The van der Waals surface area contributed by atoms with Crippen LogP contribution in [-0.4, -0.2) is 9.55 Å². The summed E-state index contributed by atoms with van der Waals surface area (Å²) in [7, 11) is 0. The Bertz CT molecular complexity index is 3390. The van der Waals surface area contributed by atoms with Crippen molar-refractivity contribution < 1.29 is 8.83 Å². The van der Waals surface area contributed by atoms with Crippen LogP contribution < -0.4 is 0 Å². The predicted octanol–water partition coefficient (Wildman–Crippen LogP) is 13.2. The third-order valence-corrected chi connectivity index (χ3v) is 11.5. The van der Waals surface area contributed by atoms with E-state index in [-0.39, 0.29) is 0 Å². The van der Waals surface area contributed by atoms with Gasteiger partial charge in [0.2, 0.25) is 0 Å². The molecule has 12 rings (SSSR count). The molecule has 0 saturated carbocycles. The van der Waals surface area contributed by atoms with Gasteiger partial charge in [0, 0.05) is 47.3 Å². The summed E-state index contributed by atoms with van der Waals surface area (Å²) in [6, 6.07) is 52.2. The number of nitrogens with zero attached hydrogens (tertiary/aromatic N) is 2. The van der Waals surface area contributed by atoms with Crippen LogP contribution in [0.3, 0.4) is 0 Å². The highest BCUT2D eigenvalue weighted by Gasteiger charge is 2.24. The number of rotatable bonds is 2. The first-order valence-corrected chi connectivity index (χ1v) is 17.6. The maximum atomic E-state index is 7.04. The van der Waals surface area contributed by atoms with Crippen molar-refractivity contribution in [2.24, 2.45) is 0 Å². The van der Waals surface area contributed by atoms with E-state index in [9.17, 15) is 0 Å². The molecule has 0 fully saturated rings. The number of furan rings is 1. The first-order valence-electron chi connectivity index (χ1n) is 16.8. The number of thiophene rings is 1. The zero-order valence-electron chi connectivity index (χ0n) is 26.5. The largest absolute Gasteiger partial charge is 0.456 e. The van der Waals surface area contributed by atoms with Crippen LogP contribution in [0.2, 0.25) is 0 Å². The fourth-order valence-electron chi connectivity index (χ4n) is 8.24. The smallest absolute Gasteiger partial charge is 0.307 e. The molecule has 232 valence electrons. The van der Waals surface area contributed by atoms with Crippen molar-refractivity contribution in [3.05, 3.63) is 146 Å². The van der Waals surface area contributed by atoms with E-state index in [0.29, 0.717) is 6.01 Å². The first kappa shape index (κ1) is 26.5. The van der Waals surface area contributed by atoms with Gasteiger partial charge in [0.05, 0.1) is 11.0 Å². The van der Waals surface area contributed by atoms with Crippen molar-refractivity contribution in [2.45, 2.75) is 0 Å². The van der Waals surface area contributed by atoms with E-state index in [4.69, 9.17) is 13.8 Å². The molecule has 50 heavy (non-hydrogen) atoms. The Morgan fingerprint density at radius 3 is 2.18 bits per heavy atom. The second-order valence-electron chi connectivity index (χ2n) is 13.1. The van der Waals surface area contributed by atoms with Gasteiger partial charge in [-0.3, -0.25) is 4.57 Å². The van der Waals surface area contributed by atoms with Gasteiger partial charge in [-0.25, -0.2) is 0 Å². The summed E-state index contributed by atoms with van der Waals surface area (Å²) in [5.41, 5.74) is 7.64. The zero-order valence-corrected chi connectivity index (χ0v) is 27.3. The molecule has 0 aliphatic carbocycles. The number of oxazole rings is 1. The van der Waals surface area contributed by atoms with Crippen molar-refractivity contribution in [2.75, 3.05) is 0 Å². The summed E-state index contributed by atoms with van der Waals surface area (Å²) >= 11 is 1.81. The van der Waals surface area contributed by atoms with E-state index in [1.165, 1.54) is 36.3 Å². The molecule has 4 heterocycles. The fraction of sp³-hybridized carbons (Fsp3) is 0. The molecule has 0 saturated heterocycles. The summed E-state index contributed by atoms with van der Waals surface area (Å²) in [6.07, 6.45) is 0. The summed E-state index contributed by atoms with van der Waals surface area (Å²) < 4.78 is 18.0. The number of para-hydroxylation sites is 2. The molecule has 0 aliphatic rings. The molecule has 0 aliphatic heterocycles. The van der Waals surface area contributed by atoms with Crippen LogP contribution in [0.5, 0.6) is 0 Å². The van der Waals surface area contributed by atoms with Gasteiger partial charge < -0.3 is 8.83 Å². The predicted molar refractivity (Wildman–Crippen MR) is 209 cm³/mol. The molecular weight excluding hydrogens is 633 g/mol. The van der Waals surface area contributed by atoms with Gasteiger partial charge in [0.15, 0.2) is 5.58 Å². The third-order valence-electron chi connectivity index (χ3n) is 10.4. The van der Waals surface area contributed by atoms with Crippen LogP contribution in [0.4, 0.5) is 0 Å². The highest BCUT2D eigenvalue weighted by atomic mass is 32.1. The molecule has 4 nitrogen and oxygen atoms in total. The monoisotopic (exact) mass is 656 g/mol. The zero-order chi connectivity index (χ0) is 32.5. The lowest BCUT2D eigenvalue weighted by molar-refractivity contribution is 0.575. The number of aromatic nitrogens is 2. The SMILES string of the molecule is c1ccc2c(c1)ccc1cc(-c3cc4sc5ccccc5c4c4nc(-n5c6ccccc6c6c7c(ccc65)oc5ccccc57)oc34)ccc12. The number of hydrogen-bond acceptors (Lipinski definition) is 4. The molecule has 0 unspecified atom stereocenters. The highest BCUT2D eigenvalue weighted by Crippen LogP contribution is 2.46. The third kappa shape index (κ3) is 3.46. The van der Waals surface area contributed by atoms with Crippen LogP contribution >= 0.6 is 11.3 Å². The Morgan fingerprint density at radius 2 is 1.24 bits per heavy atom. The summed E-state index contributed by atoms with van der Waals surface area (Å²) in [5, 5.41) is 11.8. The second kappa shape index (κ2) is 9.59. The molecule has 0 N–H and O–H groups in total. The minimum absolute atomic E-state index is 0.550. The standard InChI is InChI=1S/C45H24N2O2S/c1-2-10-28-25(9-1)17-18-26-23-27(19-20-29(26)28)33-24-39-42(32-13-5-8-16-38(32)50-39)43-44(33)49-45(46-43)47-34-14-6-3-11-30(34)40-35(47)21-22-37-41(40)31-12-4-7-15-36(31)48-37/h1-24H. The van der Waals surface area contributed by atoms with E-state index in [1.54, 1.807) is 0 Å². The number of benzene rings is 8. The van der Waals surface area contributed by atoms with E-state index in [2.05, 4.69) is 138 Å². The van der Waals surface area contributed by atoms with Gasteiger partial charge in [0.1, 0.15) is 16.7 Å². The quantitative estimate of drug-likeness (QED) is 0.174. The minimum Gasteiger partial charge on any atom is -0.456 e. The second-order valence-corrected chi connectivity index (χ2v) is 14.2. The Kier molecular flexibility index (Phi) is 5.09. The van der Waals surface area contributed by atoms with Crippen molar-refractivity contribution in [1.29, 1.82) is 0 Å². The van der Waals surface area contributed by atoms with Crippen LogP contribution in [-0.2, 0) is 0 Å². The van der Waals surface area contributed by atoms with E-state index >= 15 is 0 Å². The van der Waals surface area contributed by atoms with E-state index in [1.807, 2.05) is 23.5 Å². The molecule has 0 atom stereocenters. The van der Waals surface area contributed by atoms with Crippen molar-refractivity contribution in [3.63, 3.8) is 0 Å². The van der Waals surface area contributed by atoms with E-state index in [0.717, 1.165) is 71.4 Å². The number of hydrogen-bond donors (Lipinski definition) is 0. The van der Waals surface area contributed by atoms with E-state index < -0.39 is 0 Å². The van der Waals surface area contributed by atoms with Crippen LogP contribution in [0.1, 0.15) is 0 Å². The van der Waals surface area contributed by atoms with Crippen LogP contribution in [0.25, 0.3) is 114 Å². The Labute approximate surface area is 288 Å². The molecule has 5 heteroatoms. The maximum Gasteiger partial charge on any atom is 0.307 e. The first-order chi connectivity index (χ1) is 24.8. The Morgan fingerprint density at radius 1 is 0.480 bits per heavy atom. The summed E-state index contributed by atoms with van der Waals surface area (Å²) in [5.74, 6) is 0. The maximum absolute atomic E-state index is 7.04. The summed E-state index contributed by atoms with van der Waals surface area (Å²) in [4.78, 5) is 5.40. The Balaban J connectivity index is 1.19. The Hall–Kier alpha value is -6.43. The number of fused-ring (bicyclic) bond motifs is 15. The molecular formula is C45H24N2O2S. The molecule has 0 bridgehead atoms. The molecule has 0 spiro atoms. The lowest BCUT2D eigenvalue weighted by atomic mass is 9.96. The van der Waals surface area contributed by atoms with Gasteiger partial charge in [-0.1, -0.05) is 103 Å². The average molecular weight is 657 g/mol. The van der Waals surface area contributed by atoms with Gasteiger partial charge in [-0.15, -0.1) is 11.3 Å². The normalized spacial score (nSPS) is 12.4. The molecule has 0 radical (unpaired) electrons. The molecule has 4 aromatic heterocycles. The lowest BCUT2D eigenvalue weighted by Gasteiger charge is -2.08. The van der Waals surface area contributed by atoms with Crippen LogP contribution in [0, 0.1) is 0 Å².